The topological polar surface area (TPSA) is 24.9 Å². The van der Waals surface area contributed by atoms with E-state index in [9.17, 15) is 0 Å². The average molecular weight is 300 g/mol. The highest BCUT2D eigenvalue weighted by molar-refractivity contribution is 7.18. The summed E-state index contributed by atoms with van der Waals surface area (Å²) in [6.45, 7) is 1.83. The number of benzene rings is 1. The van der Waals surface area contributed by atoms with E-state index in [0.717, 1.165) is 18.6 Å². The molecule has 0 saturated carbocycles. The zero-order chi connectivity index (χ0) is 13.4. The van der Waals surface area contributed by atoms with Gasteiger partial charge in [-0.3, -0.25) is 0 Å². The van der Waals surface area contributed by atoms with Crippen LogP contribution < -0.4 is 5.32 Å². The monoisotopic (exact) mass is 300 g/mol. The van der Waals surface area contributed by atoms with E-state index in [1.54, 1.807) is 21.8 Å². The molecule has 0 aliphatic heterocycles. The quantitative estimate of drug-likeness (QED) is 0.783. The number of aryl methyl sites for hydroxylation is 2. The minimum atomic E-state index is 0.863. The van der Waals surface area contributed by atoms with Crippen LogP contribution in [0, 0.1) is 0 Å². The molecule has 0 atom stereocenters. The Hall–Kier alpha value is -1.23. The summed E-state index contributed by atoms with van der Waals surface area (Å²) in [5, 5.41) is 4.70. The molecule has 1 aliphatic carbocycles. The van der Waals surface area contributed by atoms with Crippen molar-refractivity contribution in [2.45, 2.75) is 32.4 Å². The first-order chi connectivity index (χ1) is 9.88. The summed E-state index contributed by atoms with van der Waals surface area (Å²) >= 11 is 3.77. The van der Waals surface area contributed by atoms with Gasteiger partial charge in [-0.1, -0.05) is 12.1 Å². The lowest BCUT2D eigenvalue weighted by atomic mass is 10.2. The third-order valence-corrected chi connectivity index (χ3v) is 5.98. The van der Waals surface area contributed by atoms with Crippen molar-refractivity contribution in [3.05, 3.63) is 50.7 Å². The van der Waals surface area contributed by atoms with Crippen LogP contribution in [0.3, 0.4) is 0 Å². The molecule has 1 aliphatic rings. The standard InChI is InChI=1S/C16H16N2S2/c1-2-6-15-13(5-1)18-16(20-15)10-17-9-12-8-11-4-3-7-14(11)19-12/h1-2,5-6,8,17H,3-4,7,9-10H2. The van der Waals surface area contributed by atoms with Crippen LogP contribution in [0.2, 0.25) is 0 Å². The molecule has 0 unspecified atom stereocenters. The number of nitrogens with zero attached hydrogens (tertiary/aromatic N) is 1. The molecule has 2 nitrogen and oxygen atoms in total. The highest BCUT2D eigenvalue weighted by Crippen LogP contribution is 2.30. The fraction of sp³-hybridized carbons (Fsp3) is 0.312. The number of aromatic nitrogens is 1. The van der Waals surface area contributed by atoms with Crippen LogP contribution in [-0.2, 0) is 25.9 Å². The molecule has 102 valence electrons. The maximum absolute atomic E-state index is 4.65. The molecule has 4 rings (SSSR count). The number of nitrogens with one attached hydrogen (secondary N) is 1. The molecule has 1 N–H and O–H groups in total. The second kappa shape index (κ2) is 5.28. The lowest BCUT2D eigenvalue weighted by Gasteiger charge is -1.99. The van der Waals surface area contributed by atoms with Crippen molar-refractivity contribution in [2.75, 3.05) is 0 Å². The molecule has 0 saturated heterocycles. The van der Waals surface area contributed by atoms with Gasteiger partial charge in [0.2, 0.25) is 0 Å². The van der Waals surface area contributed by atoms with Gasteiger partial charge in [-0.2, -0.15) is 0 Å². The van der Waals surface area contributed by atoms with Crippen molar-refractivity contribution >= 4 is 32.9 Å². The van der Waals surface area contributed by atoms with E-state index in [1.807, 2.05) is 17.4 Å². The van der Waals surface area contributed by atoms with Crippen molar-refractivity contribution in [3.63, 3.8) is 0 Å². The fourth-order valence-corrected chi connectivity index (χ4v) is 4.93. The van der Waals surface area contributed by atoms with Crippen LogP contribution in [0.15, 0.2) is 30.3 Å². The lowest BCUT2D eigenvalue weighted by molar-refractivity contribution is 0.698. The molecule has 0 bridgehead atoms. The number of hydrogen-bond acceptors (Lipinski definition) is 4. The first-order valence-electron chi connectivity index (χ1n) is 7.04. The first-order valence-corrected chi connectivity index (χ1v) is 8.67. The zero-order valence-corrected chi connectivity index (χ0v) is 12.8. The second-order valence-electron chi connectivity index (χ2n) is 5.19. The zero-order valence-electron chi connectivity index (χ0n) is 11.2. The van der Waals surface area contributed by atoms with Gasteiger partial charge in [-0.25, -0.2) is 4.98 Å². The fourth-order valence-electron chi connectivity index (χ4n) is 2.77. The van der Waals surface area contributed by atoms with Gasteiger partial charge in [0.15, 0.2) is 0 Å². The van der Waals surface area contributed by atoms with Crippen molar-refractivity contribution in [3.8, 4) is 0 Å². The van der Waals surface area contributed by atoms with Gasteiger partial charge in [-0.15, -0.1) is 22.7 Å². The minimum Gasteiger partial charge on any atom is -0.306 e. The summed E-state index contributed by atoms with van der Waals surface area (Å²) in [6, 6.07) is 10.7. The maximum atomic E-state index is 4.65. The van der Waals surface area contributed by atoms with Crippen molar-refractivity contribution < 1.29 is 0 Å². The van der Waals surface area contributed by atoms with E-state index >= 15 is 0 Å². The SMILES string of the molecule is c1ccc2sc(CNCc3cc4c(s3)CCC4)nc2c1. The van der Waals surface area contributed by atoms with Gasteiger partial charge in [0.25, 0.3) is 0 Å². The summed E-state index contributed by atoms with van der Waals surface area (Å²) in [6.07, 6.45) is 3.92. The Balaban J connectivity index is 1.40. The number of thiophene rings is 1. The molecular weight excluding hydrogens is 284 g/mol. The Morgan fingerprint density at radius 3 is 2.95 bits per heavy atom. The normalized spacial score (nSPS) is 14.0. The van der Waals surface area contributed by atoms with Crippen molar-refractivity contribution in [1.82, 2.24) is 10.3 Å². The van der Waals surface area contributed by atoms with Gasteiger partial charge in [-0.05, 0) is 43.0 Å². The molecule has 2 heterocycles. The second-order valence-corrected chi connectivity index (χ2v) is 7.53. The smallest absolute Gasteiger partial charge is 0.108 e. The molecule has 20 heavy (non-hydrogen) atoms. The van der Waals surface area contributed by atoms with Gasteiger partial charge in [0.05, 0.1) is 10.2 Å². The van der Waals surface area contributed by atoms with Crippen LogP contribution >= 0.6 is 22.7 Å². The number of fused-ring (bicyclic) bond motifs is 2. The Kier molecular flexibility index (Phi) is 3.30. The molecule has 0 spiro atoms. The van der Waals surface area contributed by atoms with Crippen LogP contribution in [0.5, 0.6) is 0 Å². The summed E-state index contributed by atoms with van der Waals surface area (Å²) in [7, 11) is 0. The van der Waals surface area contributed by atoms with Gasteiger partial charge in [0, 0.05) is 22.8 Å². The maximum Gasteiger partial charge on any atom is 0.108 e. The van der Waals surface area contributed by atoms with Crippen LogP contribution in [-0.4, -0.2) is 4.98 Å². The molecule has 1 aromatic carbocycles. The molecule has 0 amide bonds. The Labute approximate surface area is 126 Å². The van der Waals surface area contributed by atoms with Crippen molar-refractivity contribution in [2.24, 2.45) is 0 Å². The van der Waals surface area contributed by atoms with Crippen LogP contribution in [0.25, 0.3) is 10.2 Å². The van der Waals surface area contributed by atoms with Gasteiger partial charge < -0.3 is 5.32 Å². The van der Waals surface area contributed by atoms with E-state index in [-0.39, 0.29) is 0 Å². The third kappa shape index (κ3) is 2.39. The Morgan fingerprint density at radius 1 is 1.10 bits per heavy atom. The van der Waals surface area contributed by atoms with E-state index < -0.39 is 0 Å². The summed E-state index contributed by atoms with van der Waals surface area (Å²) < 4.78 is 1.28. The molecule has 2 aromatic heterocycles. The number of thiazole rings is 1. The number of hydrogen-bond donors (Lipinski definition) is 1. The molecule has 0 fully saturated rings. The number of para-hydroxylation sites is 1. The van der Waals surface area contributed by atoms with E-state index in [1.165, 1.54) is 33.8 Å². The highest BCUT2D eigenvalue weighted by atomic mass is 32.1. The highest BCUT2D eigenvalue weighted by Gasteiger charge is 2.14. The molecule has 3 aromatic rings. The summed E-state index contributed by atoms with van der Waals surface area (Å²) in [4.78, 5) is 7.73. The average Bonchev–Trinajstić information content (AvgIpc) is 3.10. The van der Waals surface area contributed by atoms with Crippen LogP contribution in [0.1, 0.15) is 26.7 Å². The largest absolute Gasteiger partial charge is 0.306 e. The first kappa shape index (κ1) is 12.5. The van der Waals surface area contributed by atoms with Gasteiger partial charge >= 0.3 is 0 Å². The number of rotatable bonds is 4. The van der Waals surface area contributed by atoms with Gasteiger partial charge in [0.1, 0.15) is 5.01 Å². The third-order valence-electron chi connectivity index (χ3n) is 3.71. The van der Waals surface area contributed by atoms with E-state index in [4.69, 9.17) is 0 Å². The predicted octanol–water partition coefficient (Wildman–Crippen LogP) is 4.14. The van der Waals surface area contributed by atoms with Crippen molar-refractivity contribution in [1.29, 1.82) is 0 Å². The molecule has 0 radical (unpaired) electrons. The Morgan fingerprint density at radius 2 is 2.05 bits per heavy atom. The minimum absolute atomic E-state index is 0.863. The molecular formula is C16H16N2S2. The van der Waals surface area contributed by atoms with E-state index in [0.29, 0.717) is 0 Å². The van der Waals surface area contributed by atoms with E-state index in [2.05, 4.69) is 34.6 Å². The molecule has 4 heteroatoms. The summed E-state index contributed by atoms with van der Waals surface area (Å²) in [5.74, 6) is 0. The lowest BCUT2D eigenvalue weighted by Crippen LogP contribution is -2.11. The predicted molar refractivity (Wildman–Crippen MR) is 86.5 cm³/mol. The summed E-state index contributed by atoms with van der Waals surface area (Å²) in [5.41, 5.74) is 2.70. The Bertz CT molecular complexity index is 687. The van der Waals surface area contributed by atoms with Crippen LogP contribution in [0.4, 0.5) is 0 Å².